The van der Waals surface area contributed by atoms with E-state index in [4.69, 9.17) is 0 Å². The molecule has 0 aliphatic carbocycles. The maximum absolute atomic E-state index is 2.63. The Kier molecular flexibility index (Phi) is 7.81. The molecule has 0 saturated heterocycles. The number of hydrogen-bond donors (Lipinski definition) is 0. The van der Waals surface area contributed by atoms with Crippen molar-refractivity contribution in [1.82, 2.24) is 0 Å². The van der Waals surface area contributed by atoms with Crippen LogP contribution >= 0.6 is 0 Å². The van der Waals surface area contributed by atoms with Gasteiger partial charge in [-0.15, -0.1) is 0 Å². The first-order chi connectivity index (χ1) is 5.24. The van der Waals surface area contributed by atoms with Crippen LogP contribution in [0, 0.1) is 0 Å². The van der Waals surface area contributed by atoms with Gasteiger partial charge in [-0.25, -0.2) is 0 Å². The van der Waals surface area contributed by atoms with Crippen molar-refractivity contribution in [2.75, 3.05) is 0 Å². The molecule has 0 nitrogen and oxygen atoms in total. The van der Waals surface area contributed by atoms with Gasteiger partial charge in [0.15, 0.2) is 0 Å². The Bertz CT molecular complexity index is 85.4. The predicted octanol–water partition coefficient (Wildman–Crippen LogP) is 0.376. The molecule has 0 fully saturated rings. The van der Waals surface area contributed by atoms with Crippen molar-refractivity contribution >= 4 is 37.0 Å². The molecule has 0 heterocycles. The van der Waals surface area contributed by atoms with Crippen LogP contribution < -0.4 is 0 Å². The molecule has 0 bridgehead atoms. The fraction of sp³-hybridized carbons (Fsp3) is 1.00. The predicted molar refractivity (Wildman–Crippen MR) is 68.7 cm³/mol. The first-order valence-electron chi connectivity index (χ1n) is 4.98. The molecule has 0 spiro atoms. The molecule has 4 heteroatoms. The molecule has 0 radical (unpaired) electrons. The molecule has 0 amide bonds. The Balaban J connectivity index is 3.84. The molecule has 70 valence electrons. The first-order valence-corrected chi connectivity index (χ1v) is 27.4. The van der Waals surface area contributed by atoms with E-state index < -0.39 is 15.8 Å². The van der Waals surface area contributed by atoms with Crippen molar-refractivity contribution in [3.05, 3.63) is 0 Å². The Labute approximate surface area is 80.5 Å². The summed E-state index contributed by atoms with van der Waals surface area (Å²) in [6, 6.07) is 0. The topological polar surface area (TPSA) is 0 Å². The van der Waals surface area contributed by atoms with Gasteiger partial charge in [-0.2, -0.15) is 0 Å². The molecule has 0 aliphatic rings. The van der Waals surface area contributed by atoms with Crippen molar-refractivity contribution in [1.29, 1.82) is 0 Å². The Morgan fingerprint density at radius 3 is 1.73 bits per heavy atom. The zero-order chi connectivity index (χ0) is 8.74. The van der Waals surface area contributed by atoms with E-state index in [9.17, 15) is 0 Å². The van der Waals surface area contributed by atoms with Crippen molar-refractivity contribution in [3.8, 4) is 0 Å². The Morgan fingerprint density at radius 2 is 1.45 bits per heavy atom. The third kappa shape index (κ3) is 4.28. The molecule has 0 aromatic rings. The van der Waals surface area contributed by atoms with E-state index in [0.29, 0.717) is 21.2 Å². The molecule has 0 aromatic heterocycles. The summed E-state index contributed by atoms with van der Waals surface area (Å²) in [5, 5.41) is 0. The zero-order valence-corrected chi connectivity index (χ0v) is 15.2. The minimum absolute atomic E-state index is 0.514. The summed E-state index contributed by atoms with van der Waals surface area (Å²) in [5.41, 5.74) is 0. The second kappa shape index (κ2) is 6.90. The van der Waals surface area contributed by atoms with E-state index in [1.807, 2.05) is 4.47 Å². The van der Waals surface area contributed by atoms with Gasteiger partial charge in [0.2, 0.25) is 0 Å². The SMILES string of the molecule is CCCC[Te]([SiH2]C)([SiH2]C)[SiH2]C. The van der Waals surface area contributed by atoms with Gasteiger partial charge in [0, 0.05) is 0 Å². The van der Waals surface area contributed by atoms with Crippen LogP contribution in [0.3, 0.4) is 0 Å². The van der Waals surface area contributed by atoms with Crippen molar-refractivity contribution in [2.45, 2.75) is 43.9 Å². The van der Waals surface area contributed by atoms with Crippen LogP contribution in [0.5, 0.6) is 0 Å². The first kappa shape index (κ1) is 12.4. The molecule has 0 saturated carbocycles. The minimum atomic E-state index is -0.842. The summed E-state index contributed by atoms with van der Waals surface area (Å²) in [7, 11) is 1.54. The van der Waals surface area contributed by atoms with Crippen LogP contribution in [-0.4, -0.2) is 37.0 Å². The summed E-state index contributed by atoms with van der Waals surface area (Å²) in [6.07, 6.45) is 3.06. The van der Waals surface area contributed by atoms with Crippen molar-refractivity contribution in [2.24, 2.45) is 0 Å². The monoisotopic (exact) mass is 322 g/mol. The van der Waals surface area contributed by atoms with Gasteiger partial charge in [0.05, 0.1) is 0 Å². The normalized spacial score (nSPS) is 22.5. The second-order valence-corrected chi connectivity index (χ2v) is 68.9. The van der Waals surface area contributed by atoms with Gasteiger partial charge in [-0.3, -0.25) is 0 Å². The van der Waals surface area contributed by atoms with Crippen LogP contribution in [0.15, 0.2) is 0 Å². The molecule has 0 unspecified atom stereocenters. The van der Waals surface area contributed by atoms with Gasteiger partial charge < -0.3 is 0 Å². The molecule has 0 N–H and O–H groups in total. The molecule has 11 heavy (non-hydrogen) atoms. The van der Waals surface area contributed by atoms with Crippen LogP contribution in [-0.2, 0) is 0 Å². The Hall–Kier alpha value is 1.44. The van der Waals surface area contributed by atoms with Gasteiger partial charge in [-0.05, 0) is 0 Å². The third-order valence-corrected chi connectivity index (χ3v) is 96.3. The van der Waals surface area contributed by atoms with Gasteiger partial charge in [-0.1, -0.05) is 0 Å². The summed E-state index contributed by atoms with van der Waals surface area (Å²) in [4.78, 5) is 0. The average Bonchev–Trinajstić information content (AvgIpc) is 2.08. The molecule has 0 rings (SSSR count). The fourth-order valence-electron chi connectivity index (χ4n) is 1.50. The summed E-state index contributed by atoms with van der Waals surface area (Å²) >= 11 is -0.842. The van der Waals surface area contributed by atoms with Crippen LogP contribution in [0.2, 0.25) is 24.1 Å². The zero-order valence-electron chi connectivity index (χ0n) is 8.65. The van der Waals surface area contributed by atoms with E-state index >= 15 is 0 Å². The van der Waals surface area contributed by atoms with Gasteiger partial charge >= 0.3 is 80.9 Å². The van der Waals surface area contributed by atoms with E-state index in [0.717, 1.165) is 0 Å². The standard InChI is InChI=1S/C7H24Si3Te/c1-5-6-7-11(8-2,9-3)10-4/h5-10H2,1-4H3. The quantitative estimate of drug-likeness (QED) is 0.621. The molecule has 0 aliphatic heterocycles. The van der Waals surface area contributed by atoms with E-state index in [1.165, 1.54) is 6.42 Å². The molecule has 0 aromatic carbocycles. The van der Waals surface area contributed by atoms with Crippen LogP contribution in [0.1, 0.15) is 19.8 Å². The number of hydrogen-bond acceptors (Lipinski definition) is 0. The van der Waals surface area contributed by atoms with Crippen LogP contribution in [0.4, 0.5) is 0 Å². The van der Waals surface area contributed by atoms with Crippen LogP contribution in [0.25, 0.3) is 0 Å². The summed E-state index contributed by atoms with van der Waals surface area (Å²) in [5.74, 6) is 0. The molecule has 0 atom stereocenters. The molecular formula is C7H24Si3Te. The average molecular weight is 320 g/mol. The van der Waals surface area contributed by atoms with E-state index in [1.54, 1.807) is 6.42 Å². The van der Waals surface area contributed by atoms with Gasteiger partial charge in [0.25, 0.3) is 0 Å². The third-order valence-electron chi connectivity index (χ3n) is 2.77. The second-order valence-electron chi connectivity index (χ2n) is 3.15. The maximum atomic E-state index is 2.63. The van der Waals surface area contributed by atoms with Gasteiger partial charge in [0.1, 0.15) is 0 Å². The van der Waals surface area contributed by atoms with Crippen molar-refractivity contribution in [3.63, 3.8) is 0 Å². The number of unbranched alkanes of at least 4 members (excludes halogenated alkanes) is 1. The summed E-state index contributed by atoms with van der Waals surface area (Å²) < 4.78 is 1.81. The number of rotatable bonds is 6. The van der Waals surface area contributed by atoms with E-state index in [2.05, 4.69) is 26.6 Å². The molecular weight excluding hydrogens is 296 g/mol. The summed E-state index contributed by atoms with van der Waals surface area (Å²) in [6.45, 7) is 10.2. The fourth-order valence-corrected chi connectivity index (χ4v) is 52.8. The Morgan fingerprint density at radius 1 is 1.00 bits per heavy atom. The van der Waals surface area contributed by atoms with Crippen molar-refractivity contribution < 1.29 is 0 Å². The van der Waals surface area contributed by atoms with E-state index in [-0.39, 0.29) is 0 Å².